The summed E-state index contributed by atoms with van der Waals surface area (Å²) in [5.41, 5.74) is 2.64. The van der Waals surface area contributed by atoms with Crippen LogP contribution in [-0.2, 0) is 6.42 Å². The minimum absolute atomic E-state index is 0.700. The summed E-state index contributed by atoms with van der Waals surface area (Å²) in [5.74, 6) is 0.778. The number of carbonyl (C=O) groups is 1. The summed E-state index contributed by atoms with van der Waals surface area (Å²) in [6, 6.07) is 5.89. The first-order chi connectivity index (χ1) is 6.76. The Balaban J connectivity index is 2.81. The molecule has 1 aromatic heterocycles. The van der Waals surface area contributed by atoms with Gasteiger partial charge in [-0.3, -0.25) is 4.79 Å². The van der Waals surface area contributed by atoms with Crippen molar-refractivity contribution in [3.63, 3.8) is 0 Å². The summed E-state index contributed by atoms with van der Waals surface area (Å²) in [6.45, 7) is 3.99. The maximum atomic E-state index is 10.9. The molecule has 0 atom stereocenters. The van der Waals surface area contributed by atoms with Gasteiger partial charge in [0.2, 0.25) is 0 Å². The number of hydrogen-bond donors (Lipinski definition) is 0. The molecular formula is C12H12O2. The quantitative estimate of drug-likeness (QED) is 0.678. The highest BCUT2D eigenvalue weighted by Gasteiger charge is 2.11. The molecule has 0 aliphatic carbocycles. The van der Waals surface area contributed by atoms with E-state index in [0.717, 1.165) is 35.0 Å². The lowest BCUT2D eigenvalue weighted by atomic mass is 10.1. The Hall–Kier alpha value is -1.57. The Morgan fingerprint density at radius 3 is 2.86 bits per heavy atom. The molecule has 0 aliphatic rings. The van der Waals surface area contributed by atoms with E-state index in [4.69, 9.17) is 4.42 Å². The first-order valence-corrected chi connectivity index (χ1v) is 4.73. The molecule has 0 aliphatic heterocycles. The summed E-state index contributed by atoms with van der Waals surface area (Å²) >= 11 is 0. The minimum atomic E-state index is 0.700. The Morgan fingerprint density at radius 1 is 1.43 bits per heavy atom. The van der Waals surface area contributed by atoms with Crippen LogP contribution < -0.4 is 0 Å². The zero-order valence-corrected chi connectivity index (χ0v) is 8.33. The van der Waals surface area contributed by atoms with Crippen LogP contribution in [0, 0.1) is 6.92 Å². The molecule has 0 saturated carbocycles. The van der Waals surface area contributed by atoms with Crippen molar-refractivity contribution in [3.05, 3.63) is 35.1 Å². The smallest absolute Gasteiger partial charge is 0.154 e. The molecule has 0 radical (unpaired) electrons. The average molecular weight is 188 g/mol. The molecule has 2 aromatic rings. The van der Waals surface area contributed by atoms with Crippen molar-refractivity contribution >= 4 is 17.3 Å². The number of rotatable bonds is 2. The van der Waals surface area contributed by atoms with Gasteiger partial charge in [-0.15, -0.1) is 0 Å². The van der Waals surface area contributed by atoms with E-state index in [1.807, 2.05) is 32.0 Å². The molecule has 2 heteroatoms. The highest BCUT2D eigenvalue weighted by molar-refractivity contribution is 5.97. The largest absolute Gasteiger partial charge is 0.460 e. The number of carbonyl (C=O) groups excluding carboxylic acids is 1. The fourth-order valence-corrected chi connectivity index (χ4v) is 1.67. The Bertz CT molecular complexity index is 480. The van der Waals surface area contributed by atoms with Gasteiger partial charge in [-0.05, 0) is 19.1 Å². The highest BCUT2D eigenvalue weighted by atomic mass is 16.3. The summed E-state index contributed by atoms with van der Waals surface area (Å²) in [5, 5.41) is 0.928. The van der Waals surface area contributed by atoms with Crippen molar-refractivity contribution in [2.75, 3.05) is 0 Å². The van der Waals surface area contributed by atoms with Crippen molar-refractivity contribution < 1.29 is 9.21 Å². The van der Waals surface area contributed by atoms with E-state index in [1.165, 1.54) is 0 Å². The molecule has 0 unspecified atom stereocenters. The Kier molecular flexibility index (Phi) is 2.12. The molecule has 0 N–H and O–H groups in total. The van der Waals surface area contributed by atoms with Crippen LogP contribution in [0.3, 0.4) is 0 Å². The molecule has 72 valence electrons. The number of benzene rings is 1. The standard InChI is InChI=1S/C12H12O2/c1-3-11-10(7-13)9-6-8(2)4-5-12(9)14-11/h4-7H,3H2,1-2H3. The van der Waals surface area contributed by atoms with Gasteiger partial charge in [0.25, 0.3) is 0 Å². The second-order valence-electron chi connectivity index (χ2n) is 3.41. The van der Waals surface area contributed by atoms with Gasteiger partial charge in [-0.1, -0.05) is 18.6 Å². The Labute approximate surface area is 82.5 Å². The van der Waals surface area contributed by atoms with Crippen molar-refractivity contribution in [1.82, 2.24) is 0 Å². The lowest BCUT2D eigenvalue weighted by Crippen LogP contribution is -1.84. The van der Waals surface area contributed by atoms with Crippen LogP contribution in [0.4, 0.5) is 0 Å². The third-order valence-corrected chi connectivity index (χ3v) is 2.40. The lowest BCUT2D eigenvalue weighted by molar-refractivity contribution is 0.112. The molecule has 0 spiro atoms. The number of aryl methyl sites for hydroxylation is 2. The maximum absolute atomic E-state index is 10.9. The second kappa shape index (κ2) is 3.29. The monoisotopic (exact) mass is 188 g/mol. The van der Waals surface area contributed by atoms with E-state index >= 15 is 0 Å². The molecule has 0 saturated heterocycles. The zero-order chi connectivity index (χ0) is 10.1. The van der Waals surface area contributed by atoms with E-state index in [1.54, 1.807) is 0 Å². The fourth-order valence-electron chi connectivity index (χ4n) is 1.67. The second-order valence-corrected chi connectivity index (χ2v) is 3.41. The van der Waals surface area contributed by atoms with Gasteiger partial charge >= 0.3 is 0 Å². The van der Waals surface area contributed by atoms with E-state index in [-0.39, 0.29) is 0 Å². The van der Waals surface area contributed by atoms with Crippen LogP contribution in [0.15, 0.2) is 22.6 Å². The number of fused-ring (bicyclic) bond motifs is 1. The molecule has 2 nitrogen and oxygen atoms in total. The van der Waals surface area contributed by atoms with Crippen molar-refractivity contribution in [2.24, 2.45) is 0 Å². The molecule has 1 aromatic carbocycles. The van der Waals surface area contributed by atoms with Crippen LogP contribution in [0.1, 0.15) is 28.6 Å². The number of aldehydes is 1. The van der Waals surface area contributed by atoms with Crippen LogP contribution >= 0.6 is 0 Å². The molecular weight excluding hydrogens is 176 g/mol. The fraction of sp³-hybridized carbons (Fsp3) is 0.250. The summed E-state index contributed by atoms with van der Waals surface area (Å²) in [7, 11) is 0. The summed E-state index contributed by atoms with van der Waals surface area (Å²) < 4.78 is 5.56. The third-order valence-electron chi connectivity index (χ3n) is 2.40. The molecule has 0 fully saturated rings. The van der Waals surface area contributed by atoms with Crippen LogP contribution in [0.25, 0.3) is 11.0 Å². The zero-order valence-electron chi connectivity index (χ0n) is 8.33. The normalized spacial score (nSPS) is 10.7. The average Bonchev–Trinajstić information content (AvgIpc) is 2.54. The van der Waals surface area contributed by atoms with Gasteiger partial charge in [-0.25, -0.2) is 0 Å². The first kappa shape index (κ1) is 9.00. The van der Waals surface area contributed by atoms with Crippen molar-refractivity contribution in [3.8, 4) is 0 Å². The maximum Gasteiger partial charge on any atom is 0.154 e. The first-order valence-electron chi connectivity index (χ1n) is 4.73. The number of furan rings is 1. The van der Waals surface area contributed by atoms with Gasteiger partial charge in [-0.2, -0.15) is 0 Å². The minimum Gasteiger partial charge on any atom is -0.460 e. The van der Waals surface area contributed by atoms with Gasteiger partial charge in [0, 0.05) is 11.8 Å². The predicted octanol–water partition coefficient (Wildman–Crippen LogP) is 3.12. The summed E-state index contributed by atoms with van der Waals surface area (Å²) in [6.07, 6.45) is 1.63. The molecule has 1 heterocycles. The predicted molar refractivity (Wildman–Crippen MR) is 55.7 cm³/mol. The van der Waals surface area contributed by atoms with E-state index in [0.29, 0.717) is 5.56 Å². The molecule has 0 amide bonds. The van der Waals surface area contributed by atoms with Gasteiger partial charge in [0.1, 0.15) is 11.3 Å². The topological polar surface area (TPSA) is 30.2 Å². The highest BCUT2D eigenvalue weighted by Crippen LogP contribution is 2.25. The van der Waals surface area contributed by atoms with Crippen LogP contribution in [0.5, 0.6) is 0 Å². The van der Waals surface area contributed by atoms with E-state index < -0.39 is 0 Å². The van der Waals surface area contributed by atoms with Crippen LogP contribution in [0.2, 0.25) is 0 Å². The SMILES string of the molecule is CCc1oc2ccc(C)cc2c1C=O. The number of hydrogen-bond acceptors (Lipinski definition) is 2. The molecule has 2 rings (SSSR count). The van der Waals surface area contributed by atoms with Crippen molar-refractivity contribution in [2.45, 2.75) is 20.3 Å². The van der Waals surface area contributed by atoms with Gasteiger partial charge in [0.15, 0.2) is 6.29 Å². The summed E-state index contributed by atoms with van der Waals surface area (Å²) in [4.78, 5) is 10.9. The van der Waals surface area contributed by atoms with Crippen LogP contribution in [-0.4, -0.2) is 6.29 Å². The van der Waals surface area contributed by atoms with E-state index in [2.05, 4.69) is 0 Å². The van der Waals surface area contributed by atoms with E-state index in [9.17, 15) is 4.79 Å². The third kappa shape index (κ3) is 1.23. The van der Waals surface area contributed by atoms with Gasteiger partial charge in [0.05, 0.1) is 5.56 Å². The van der Waals surface area contributed by atoms with Gasteiger partial charge < -0.3 is 4.42 Å². The molecule has 0 bridgehead atoms. The Morgan fingerprint density at radius 2 is 2.21 bits per heavy atom. The van der Waals surface area contributed by atoms with Crippen molar-refractivity contribution in [1.29, 1.82) is 0 Å². The molecule has 14 heavy (non-hydrogen) atoms. The lowest BCUT2D eigenvalue weighted by Gasteiger charge is -1.91.